The Morgan fingerprint density at radius 3 is 2.30 bits per heavy atom. The van der Waals surface area contributed by atoms with E-state index in [0.29, 0.717) is 19.3 Å². The van der Waals surface area contributed by atoms with Crippen LogP contribution in [0.25, 0.3) is 0 Å². The van der Waals surface area contributed by atoms with E-state index in [4.69, 9.17) is 19.6 Å². The number of carbonyl (C=O) groups excluding carboxylic acids is 2. The predicted octanol–water partition coefficient (Wildman–Crippen LogP) is 6.41. The topological polar surface area (TPSA) is 71.1 Å². The molecule has 0 saturated carbocycles. The van der Waals surface area contributed by atoms with Gasteiger partial charge in [-0.15, -0.1) is 0 Å². The van der Waals surface area contributed by atoms with E-state index in [-0.39, 0.29) is 11.9 Å². The molecule has 0 saturated heterocycles. The molecule has 0 amide bonds. The number of rotatable bonds is 19. The molecule has 6 nitrogen and oxygen atoms in total. The van der Waals surface area contributed by atoms with Crippen LogP contribution in [0.1, 0.15) is 106 Å². The number of ether oxygens (including phenoxy) is 1. The Morgan fingerprint density at radius 2 is 1.67 bits per heavy atom. The normalized spacial score (nSPS) is 13.7. The molecular weight excluding hydrogens is 404 g/mol. The van der Waals surface area contributed by atoms with Crippen LogP contribution >= 0.6 is 11.8 Å². The van der Waals surface area contributed by atoms with Gasteiger partial charge in [-0.05, 0) is 50.8 Å². The molecule has 0 aliphatic heterocycles. The fraction of sp³-hybridized carbons (Fsp3) is 0.913. The van der Waals surface area contributed by atoms with Gasteiger partial charge in [-0.25, -0.2) is 4.79 Å². The van der Waals surface area contributed by atoms with Gasteiger partial charge in [0.1, 0.15) is 5.60 Å². The van der Waals surface area contributed by atoms with Crippen molar-refractivity contribution in [3.8, 4) is 0 Å². The third-order valence-corrected chi connectivity index (χ3v) is 5.88. The molecule has 0 radical (unpaired) electrons. The van der Waals surface area contributed by atoms with E-state index < -0.39 is 17.7 Å². The first-order valence-electron chi connectivity index (χ1n) is 11.6. The molecule has 0 N–H and O–H groups in total. The highest BCUT2D eigenvalue weighted by atomic mass is 32.2. The molecule has 0 fully saturated rings. The summed E-state index contributed by atoms with van der Waals surface area (Å²) in [4.78, 5) is 34.0. The molecular formula is C23H44O6S. The predicted molar refractivity (Wildman–Crippen MR) is 122 cm³/mol. The number of hydrogen-bond acceptors (Lipinski definition) is 7. The van der Waals surface area contributed by atoms with Crippen molar-refractivity contribution >= 4 is 23.7 Å². The quantitative estimate of drug-likeness (QED) is 0.0978. The highest BCUT2D eigenvalue weighted by molar-refractivity contribution is 7.99. The summed E-state index contributed by atoms with van der Waals surface area (Å²) in [5.74, 6) is 1.08. The number of esters is 1. The van der Waals surface area contributed by atoms with Crippen molar-refractivity contribution in [1.82, 2.24) is 0 Å². The zero-order chi connectivity index (χ0) is 22.8. The molecule has 0 aromatic heterocycles. The van der Waals surface area contributed by atoms with E-state index >= 15 is 0 Å². The Balaban J connectivity index is 4.03. The van der Waals surface area contributed by atoms with Crippen molar-refractivity contribution in [3.05, 3.63) is 0 Å². The van der Waals surface area contributed by atoms with Gasteiger partial charge >= 0.3 is 11.9 Å². The minimum atomic E-state index is -0.692. The molecule has 2 atom stereocenters. The summed E-state index contributed by atoms with van der Waals surface area (Å²) in [7, 11) is 0. The summed E-state index contributed by atoms with van der Waals surface area (Å²) in [6, 6.07) is 0. The van der Waals surface area contributed by atoms with Gasteiger partial charge in [0.15, 0.2) is 0 Å². The van der Waals surface area contributed by atoms with Crippen LogP contribution in [-0.4, -0.2) is 35.1 Å². The van der Waals surface area contributed by atoms with Crippen molar-refractivity contribution in [3.63, 3.8) is 0 Å². The molecule has 0 bridgehead atoms. The van der Waals surface area contributed by atoms with E-state index in [1.54, 1.807) is 18.7 Å². The average Bonchev–Trinajstić information content (AvgIpc) is 2.67. The largest absolute Gasteiger partial charge is 0.460 e. The van der Waals surface area contributed by atoms with E-state index in [9.17, 15) is 9.59 Å². The first-order valence-corrected chi connectivity index (χ1v) is 12.7. The summed E-state index contributed by atoms with van der Waals surface area (Å²) in [6.07, 6.45) is 8.90. The summed E-state index contributed by atoms with van der Waals surface area (Å²) in [5, 5.41) is 4.70. The lowest BCUT2D eigenvalue weighted by Gasteiger charge is -2.27. The molecule has 0 aromatic rings. The lowest BCUT2D eigenvalue weighted by atomic mass is 10.00. The second-order valence-corrected chi connectivity index (χ2v) is 9.71. The van der Waals surface area contributed by atoms with Crippen LogP contribution in [0.3, 0.4) is 0 Å². The van der Waals surface area contributed by atoms with Gasteiger partial charge < -0.3 is 4.74 Å². The summed E-state index contributed by atoms with van der Waals surface area (Å²) < 4.78 is 5.59. The molecule has 0 aliphatic carbocycles. The average molecular weight is 449 g/mol. The molecule has 178 valence electrons. The molecule has 0 aliphatic rings. The molecule has 0 spiro atoms. The molecule has 2 unspecified atom stereocenters. The first kappa shape index (κ1) is 29.2. The van der Waals surface area contributed by atoms with Crippen LogP contribution in [0.15, 0.2) is 0 Å². The van der Waals surface area contributed by atoms with Crippen molar-refractivity contribution < 1.29 is 29.1 Å². The van der Waals surface area contributed by atoms with Crippen LogP contribution in [-0.2, 0) is 29.1 Å². The minimum absolute atomic E-state index is 0.175. The third-order valence-electron chi connectivity index (χ3n) is 4.81. The van der Waals surface area contributed by atoms with Gasteiger partial charge in [-0.3, -0.25) is 9.68 Å². The zero-order valence-corrected chi connectivity index (χ0v) is 20.8. The van der Waals surface area contributed by atoms with Crippen LogP contribution < -0.4 is 0 Å². The van der Waals surface area contributed by atoms with Crippen LogP contribution in [0, 0.1) is 5.92 Å². The van der Waals surface area contributed by atoms with Gasteiger partial charge in [0, 0.05) is 12.2 Å². The maximum Gasteiger partial charge on any atom is 0.348 e. The Kier molecular flexibility index (Phi) is 17.4. The Labute approximate surface area is 188 Å². The van der Waals surface area contributed by atoms with Gasteiger partial charge in [0.05, 0.1) is 18.4 Å². The fourth-order valence-electron chi connectivity index (χ4n) is 3.14. The fourth-order valence-corrected chi connectivity index (χ4v) is 4.07. The second kappa shape index (κ2) is 17.8. The Bertz CT molecular complexity index is 455. The van der Waals surface area contributed by atoms with Crippen molar-refractivity contribution in [2.45, 2.75) is 117 Å². The smallest absolute Gasteiger partial charge is 0.348 e. The highest BCUT2D eigenvalue weighted by Crippen LogP contribution is 2.21. The van der Waals surface area contributed by atoms with Crippen LogP contribution in [0.5, 0.6) is 0 Å². The van der Waals surface area contributed by atoms with Gasteiger partial charge in [-0.2, -0.15) is 16.6 Å². The highest BCUT2D eigenvalue weighted by Gasteiger charge is 2.27. The van der Waals surface area contributed by atoms with Gasteiger partial charge in [0.2, 0.25) is 0 Å². The molecule has 0 heterocycles. The minimum Gasteiger partial charge on any atom is -0.460 e. The Hall–Kier alpha value is -0.790. The van der Waals surface area contributed by atoms with Gasteiger partial charge in [0.25, 0.3) is 0 Å². The van der Waals surface area contributed by atoms with Crippen molar-refractivity contribution in [1.29, 1.82) is 0 Å². The van der Waals surface area contributed by atoms with Crippen molar-refractivity contribution in [2.75, 3.05) is 11.5 Å². The van der Waals surface area contributed by atoms with E-state index in [0.717, 1.165) is 30.8 Å². The molecule has 0 aromatic carbocycles. The van der Waals surface area contributed by atoms with E-state index in [1.807, 2.05) is 20.8 Å². The molecule has 0 rings (SSSR count). The van der Waals surface area contributed by atoms with Crippen LogP contribution in [0.2, 0.25) is 0 Å². The summed E-state index contributed by atoms with van der Waals surface area (Å²) in [5.41, 5.74) is -0.692. The number of thioether (sulfide) groups is 1. The second-order valence-electron chi connectivity index (χ2n) is 8.49. The maximum absolute atomic E-state index is 12.1. The Morgan fingerprint density at radius 1 is 0.967 bits per heavy atom. The van der Waals surface area contributed by atoms with E-state index in [1.165, 1.54) is 25.7 Å². The van der Waals surface area contributed by atoms with E-state index in [2.05, 4.69) is 13.8 Å². The van der Waals surface area contributed by atoms with Crippen LogP contribution in [0.4, 0.5) is 0 Å². The monoisotopic (exact) mass is 448 g/mol. The lowest BCUT2D eigenvalue weighted by molar-refractivity contribution is -0.502. The summed E-state index contributed by atoms with van der Waals surface area (Å²) in [6.45, 7) is 11.7. The van der Waals surface area contributed by atoms with Crippen molar-refractivity contribution in [2.24, 2.45) is 5.92 Å². The summed E-state index contributed by atoms with van der Waals surface area (Å²) >= 11 is 1.80. The number of carbonyl (C=O) groups is 2. The standard InChI is InChI=1S/C23H44O6S/c1-7-10-12-13-16-30-17-15-21(24)26-23(5,6)18-19(4)27-29-28-22(25)20(9-3)14-11-8-2/h19-20H,7-18H2,1-6H3. The maximum atomic E-state index is 12.1. The first-order chi connectivity index (χ1) is 14.3. The van der Waals surface area contributed by atoms with Gasteiger partial charge in [-0.1, -0.05) is 52.9 Å². The zero-order valence-electron chi connectivity index (χ0n) is 20.0. The number of hydrogen-bond donors (Lipinski definition) is 0. The third kappa shape index (κ3) is 16.0. The SMILES string of the molecule is CCCCCCSCCC(=O)OC(C)(C)CC(C)OOOC(=O)C(CC)CCCC. The molecule has 30 heavy (non-hydrogen) atoms. The molecule has 7 heteroatoms. The lowest BCUT2D eigenvalue weighted by Crippen LogP contribution is -2.33. The number of unbranched alkanes of at least 4 members (excludes halogenated alkanes) is 4.